The second kappa shape index (κ2) is 12.2. The van der Waals surface area contributed by atoms with E-state index in [1.807, 2.05) is 0 Å². The number of carbonyl (C=O) groups excluding carboxylic acids is 3. The maximum absolute atomic E-state index is 13.3. The first-order valence-electron chi connectivity index (χ1n) is 12.8. The highest BCUT2D eigenvalue weighted by molar-refractivity contribution is 7.20. The molecule has 8 nitrogen and oxygen atoms in total. The number of aromatic nitrogens is 1. The molecule has 1 aromatic carbocycles. The molecule has 1 aliphatic rings. The Bertz CT molecular complexity index is 1380. The number of halogens is 1. The third kappa shape index (κ3) is 7.88. The fraction of sp³-hybridized carbons (Fsp3) is 0.429. The van der Waals surface area contributed by atoms with Gasteiger partial charge in [-0.25, -0.2) is 9.78 Å². The number of hydrogen-bond donors (Lipinski definition) is 2. The molecular formula is C28H33ClN4O4S2. The number of esters is 1. The number of amides is 2. The van der Waals surface area contributed by atoms with Gasteiger partial charge in [0.15, 0.2) is 5.01 Å². The summed E-state index contributed by atoms with van der Waals surface area (Å²) < 4.78 is 6.11. The number of thiazole rings is 1. The fourth-order valence-corrected chi connectivity index (χ4v) is 6.12. The van der Waals surface area contributed by atoms with Crippen molar-refractivity contribution in [3.63, 3.8) is 0 Å². The van der Waals surface area contributed by atoms with Crippen molar-refractivity contribution in [3.8, 4) is 0 Å². The quantitative estimate of drug-likeness (QED) is 0.295. The van der Waals surface area contributed by atoms with Crippen molar-refractivity contribution in [3.05, 3.63) is 61.4 Å². The molecule has 0 saturated heterocycles. The van der Waals surface area contributed by atoms with E-state index < -0.39 is 11.6 Å². The summed E-state index contributed by atoms with van der Waals surface area (Å²) in [7, 11) is 0. The number of anilines is 2. The predicted octanol–water partition coefficient (Wildman–Crippen LogP) is 6.40. The average Bonchev–Trinajstić information content (AvgIpc) is 3.47. The van der Waals surface area contributed by atoms with Crippen molar-refractivity contribution in [2.24, 2.45) is 0 Å². The first-order chi connectivity index (χ1) is 18.4. The molecule has 0 saturated carbocycles. The molecule has 0 radical (unpaired) electrons. The molecule has 2 aromatic heterocycles. The highest BCUT2D eigenvalue weighted by Gasteiger charge is 2.25. The highest BCUT2D eigenvalue weighted by atomic mass is 35.5. The lowest BCUT2D eigenvalue weighted by atomic mass is 10.0. The van der Waals surface area contributed by atoms with Gasteiger partial charge in [-0.1, -0.05) is 17.7 Å². The van der Waals surface area contributed by atoms with Crippen molar-refractivity contribution in [2.75, 3.05) is 17.2 Å². The Labute approximate surface area is 241 Å². The number of rotatable bonds is 8. The van der Waals surface area contributed by atoms with Gasteiger partial charge in [0, 0.05) is 42.5 Å². The SMILES string of the molecule is CC(C)N1CCc2nc(C(=O)Nc3cc(C(=O)OC(C)(C)C)ccc3CCC(=O)Nc3ccc(Cl)s3)sc2C1. The number of fused-ring (bicyclic) bond motifs is 1. The number of aryl methyl sites for hydroxylation is 1. The number of benzene rings is 1. The smallest absolute Gasteiger partial charge is 0.338 e. The molecular weight excluding hydrogens is 556 g/mol. The van der Waals surface area contributed by atoms with Gasteiger partial charge in [0.05, 0.1) is 20.6 Å². The number of nitrogens with zero attached hydrogens (tertiary/aromatic N) is 2. The van der Waals surface area contributed by atoms with Crippen LogP contribution >= 0.6 is 34.3 Å². The van der Waals surface area contributed by atoms with E-state index in [0.29, 0.717) is 38.1 Å². The lowest BCUT2D eigenvalue weighted by Gasteiger charge is -2.29. The molecule has 11 heteroatoms. The van der Waals surface area contributed by atoms with E-state index in [4.69, 9.17) is 16.3 Å². The van der Waals surface area contributed by atoms with Gasteiger partial charge < -0.3 is 15.4 Å². The van der Waals surface area contributed by atoms with Gasteiger partial charge in [-0.2, -0.15) is 0 Å². The molecule has 4 rings (SSSR count). The van der Waals surface area contributed by atoms with Gasteiger partial charge in [-0.15, -0.1) is 22.7 Å². The molecule has 2 amide bonds. The molecule has 0 bridgehead atoms. The summed E-state index contributed by atoms with van der Waals surface area (Å²) in [6.07, 6.45) is 1.34. The largest absolute Gasteiger partial charge is 0.456 e. The Morgan fingerprint density at radius 3 is 2.56 bits per heavy atom. The zero-order valence-corrected chi connectivity index (χ0v) is 25.1. The van der Waals surface area contributed by atoms with Gasteiger partial charge in [0.25, 0.3) is 5.91 Å². The normalized spacial score (nSPS) is 13.7. The van der Waals surface area contributed by atoms with E-state index in [2.05, 4.69) is 34.4 Å². The summed E-state index contributed by atoms with van der Waals surface area (Å²) in [4.78, 5) is 46.7. The number of thiophene rings is 1. The van der Waals surface area contributed by atoms with E-state index >= 15 is 0 Å². The zero-order valence-electron chi connectivity index (χ0n) is 22.7. The molecule has 0 atom stereocenters. The Balaban J connectivity index is 1.53. The lowest BCUT2D eigenvalue weighted by Crippen LogP contribution is -2.35. The first-order valence-corrected chi connectivity index (χ1v) is 14.8. The summed E-state index contributed by atoms with van der Waals surface area (Å²) in [6, 6.07) is 8.90. The average molecular weight is 589 g/mol. The van der Waals surface area contributed by atoms with Crippen LogP contribution in [0.3, 0.4) is 0 Å². The van der Waals surface area contributed by atoms with E-state index in [-0.39, 0.29) is 18.2 Å². The second-order valence-electron chi connectivity index (χ2n) is 10.7. The minimum absolute atomic E-state index is 0.177. The lowest BCUT2D eigenvalue weighted by molar-refractivity contribution is -0.116. The predicted molar refractivity (Wildman–Crippen MR) is 157 cm³/mol. The van der Waals surface area contributed by atoms with Crippen molar-refractivity contribution in [1.29, 1.82) is 0 Å². The van der Waals surface area contributed by atoms with Crippen LogP contribution < -0.4 is 10.6 Å². The number of carbonyl (C=O) groups is 3. The van der Waals surface area contributed by atoms with Gasteiger partial charge in [-0.05, 0) is 70.9 Å². The van der Waals surface area contributed by atoms with E-state index in [1.54, 1.807) is 51.1 Å². The van der Waals surface area contributed by atoms with Crippen molar-refractivity contribution >= 4 is 62.7 Å². The van der Waals surface area contributed by atoms with Crippen LogP contribution in [-0.2, 0) is 28.9 Å². The standard InChI is InChI=1S/C28H33ClN4O4S2/c1-16(2)33-13-12-19-21(15-33)38-26(31-19)25(35)30-20-14-18(27(36)37-28(3,4)5)7-6-17(20)8-10-23(34)32-24-11-9-22(29)39-24/h6-7,9,11,14,16H,8,10,12-13,15H2,1-5H3,(H,30,35)(H,32,34). The minimum Gasteiger partial charge on any atom is -0.456 e. The molecule has 0 unspecified atom stereocenters. The topological polar surface area (TPSA) is 101 Å². The molecule has 0 spiro atoms. The number of ether oxygens (including phenoxy) is 1. The van der Waals surface area contributed by atoms with Crippen LogP contribution in [0.5, 0.6) is 0 Å². The molecule has 39 heavy (non-hydrogen) atoms. The van der Waals surface area contributed by atoms with E-state index in [0.717, 1.165) is 35.6 Å². The van der Waals surface area contributed by atoms with Crippen molar-refractivity contribution in [1.82, 2.24) is 9.88 Å². The molecule has 0 aliphatic carbocycles. The molecule has 1 aliphatic heterocycles. The number of nitrogens with one attached hydrogen (secondary N) is 2. The van der Waals surface area contributed by atoms with Crippen LogP contribution in [0, 0.1) is 0 Å². The van der Waals surface area contributed by atoms with Gasteiger partial charge >= 0.3 is 5.97 Å². The molecule has 3 heterocycles. The number of hydrogen-bond acceptors (Lipinski definition) is 8. The Kier molecular flexibility index (Phi) is 9.10. The zero-order chi connectivity index (χ0) is 28.3. The van der Waals surface area contributed by atoms with Crippen molar-refractivity contribution in [2.45, 2.75) is 72.1 Å². The van der Waals surface area contributed by atoms with Crippen LogP contribution in [0.1, 0.15) is 77.3 Å². The fourth-order valence-electron chi connectivity index (χ4n) is 4.13. The van der Waals surface area contributed by atoms with Crippen LogP contribution in [0.2, 0.25) is 4.34 Å². The Hall–Kier alpha value is -2.79. The van der Waals surface area contributed by atoms with Crippen molar-refractivity contribution < 1.29 is 19.1 Å². The molecule has 208 valence electrons. The minimum atomic E-state index is -0.661. The molecule has 2 N–H and O–H groups in total. The summed E-state index contributed by atoms with van der Waals surface area (Å²) in [6.45, 7) is 11.4. The van der Waals surface area contributed by atoms with E-state index in [1.165, 1.54) is 22.7 Å². The van der Waals surface area contributed by atoms with Crippen LogP contribution in [0.15, 0.2) is 30.3 Å². The van der Waals surface area contributed by atoms with Gasteiger partial charge in [-0.3, -0.25) is 14.5 Å². The first kappa shape index (κ1) is 29.2. The Morgan fingerprint density at radius 2 is 1.90 bits per heavy atom. The second-order valence-corrected chi connectivity index (χ2v) is 13.5. The van der Waals surface area contributed by atoms with Crippen LogP contribution in [-0.4, -0.2) is 45.9 Å². The molecule has 3 aromatic rings. The maximum atomic E-state index is 13.3. The van der Waals surface area contributed by atoms with Crippen LogP contribution in [0.25, 0.3) is 0 Å². The summed E-state index contributed by atoms with van der Waals surface area (Å²) >= 11 is 8.64. The third-order valence-electron chi connectivity index (χ3n) is 6.14. The van der Waals surface area contributed by atoms with Gasteiger partial charge in [0.1, 0.15) is 5.60 Å². The molecule has 0 fully saturated rings. The van der Waals surface area contributed by atoms with E-state index in [9.17, 15) is 14.4 Å². The monoisotopic (exact) mass is 588 g/mol. The Morgan fingerprint density at radius 1 is 1.13 bits per heavy atom. The summed E-state index contributed by atoms with van der Waals surface area (Å²) in [5.41, 5.74) is 1.80. The highest BCUT2D eigenvalue weighted by Crippen LogP contribution is 2.29. The third-order valence-corrected chi connectivity index (χ3v) is 8.36. The summed E-state index contributed by atoms with van der Waals surface area (Å²) in [5, 5.41) is 6.83. The van der Waals surface area contributed by atoms with Crippen LogP contribution in [0.4, 0.5) is 10.7 Å². The summed E-state index contributed by atoms with van der Waals surface area (Å²) in [5.74, 6) is -1.01. The maximum Gasteiger partial charge on any atom is 0.338 e. The van der Waals surface area contributed by atoms with Gasteiger partial charge in [0.2, 0.25) is 5.91 Å².